The average molecular weight is 434 g/mol. The number of amides is 1. The molecule has 1 N–H and O–H groups in total. The van der Waals surface area contributed by atoms with Gasteiger partial charge in [0, 0.05) is 0 Å². The number of hydrogen-bond donors (Lipinski definition) is 1. The van der Waals surface area contributed by atoms with E-state index in [4.69, 9.17) is 27.9 Å². The highest BCUT2D eigenvalue weighted by atomic mass is 35.5. The van der Waals surface area contributed by atoms with Crippen molar-refractivity contribution in [3.63, 3.8) is 0 Å². The minimum absolute atomic E-state index is 0.219. The van der Waals surface area contributed by atoms with Gasteiger partial charge in [0.2, 0.25) is 0 Å². The number of carbonyl (C=O) groups is 1. The van der Waals surface area contributed by atoms with E-state index in [1.807, 2.05) is 6.07 Å². The predicted octanol–water partition coefficient (Wildman–Crippen LogP) is 5.28. The molecule has 1 amide bonds. The van der Waals surface area contributed by atoms with Crippen LogP contribution in [0.25, 0.3) is 16.6 Å². The van der Waals surface area contributed by atoms with E-state index in [1.54, 1.807) is 64.1 Å². The van der Waals surface area contributed by atoms with Gasteiger partial charge >= 0.3 is 6.09 Å². The molecule has 0 bridgehead atoms. The molecule has 1 aromatic heterocycles. The van der Waals surface area contributed by atoms with Gasteiger partial charge in [-0.05, 0) is 52.0 Å². The van der Waals surface area contributed by atoms with Gasteiger partial charge in [-0.15, -0.1) is 0 Å². The number of nitrogens with one attached hydrogen (secondary N) is 1. The Morgan fingerprint density at radius 1 is 1.10 bits per heavy atom. The van der Waals surface area contributed by atoms with Crippen LogP contribution in [0, 0.1) is 0 Å². The maximum Gasteiger partial charge on any atom is 0.408 e. The van der Waals surface area contributed by atoms with Crippen LogP contribution in [0.4, 0.5) is 4.79 Å². The minimum Gasteiger partial charge on any atom is -0.444 e. The Morgan fingerprint density at radius 3 is 2.34 bits per heavy atom. The number of aromatic nitrogens is 2. The molecule has 29 heavy (non-hydrogen) atoms. The first kappa shape index (κ1) is 21.1. The molecule has 0 spiro atoms. The number of para-hydroxylation sites is 1. The summed E-state index contributed by atoms with van der Waals surface area (Å²) in [6.45, 7) is 7.03. The molecule has 0 aliphatic heterocycles. The molecular weight excluding hydrogens is 413 g/mol. The molecule has 6 nitrogen and oxygen atoms in total. The lowest BCUT2D eigenvalue weighted by molar-refractivity contribution is 0.0505. The normalized spacial score (nSPS) is 12.6. The lowest BCUT2D eigenvalue weighted by Gasteiger charge is -2.23. The molecular formula is C21H21Cl2N3O3. The van der Waals surface area contributed by atoms with Crippen molar-refractivity contribution < 1.29 is 9.53 Å². The number of nitrogens with zero attached hydrogens (tertiary/aromatic N) is 2. The van der Waals surface area contributed by atoms with Gasteiger partial charge in [0.25, 0.3) is 5.56 Å². The molecule has 0 saturated heterocycles. The second-order valence-corrected chi connectivity index (χ2v) is 8.38. The fourth-order valence-corrected chi connectivity index (χ4v) is 3.33. The van der Waals surface area contributed by atoms with E-state index in [0.29, 0.717) is 16.5 Å². The van der Waals surface area contributed by atoms with Gasteiger partial charge in [-0.3, -0.25) is 9.36 Å². The van der Waals surface area contributed by atoms with E-state index < -0.39 is 17.7 Å². The number of rotatable bonds is 3. The van der Waals surface area contributed by atoms with Crippen LogP contribution in [0.15, 0.2) is 47.3 Å². The number of benzene rings is 2. The fraction of sp³-hybridized carbons (Fsp3) is 0.286. The molecule has 1 atom stereocenters. The molecule has 152 valence electrons. The summed E-state index contributed by atoms with van der Waals surface area (Å²) in [6.07, 6.45) is -0.615. The summed E-state index contributed by atoms with van der Waals surface area (Å²) in [4.78, 5) is 30.2. The minimum atomic E-state index is -0.656. The van der Waals surface area contributed by atoms with E-state index in [1.165, 1.54) is 4.57 Å². The number of fused-ring (bicyclic) bond motifs is 1. The van der Waals surface area contributed by atoms with Crippen LogP contribution in [-0.2, 0) is 4.74 Å². The molecule has 3 rings (SSSR count). The van der Waals surface area contributed by atoms with Crippen molar-refractivity contribution in [1.29, 1.82) is 0 Å². The van der Waals surface area contributed by atoms with E-state index >= 15 is 0 Å². The molecule has 1 unspecified atom stereocenters. The maximum atomic E-state index is 13.4. The first-order valence-electron chi connectivity index (χ1n) is 9.04. The summed E-state index contributed by atoms with van der Waals surface area (Å²) >= 11 is 12.6. The Hall–Kier alpha value is -2.57. The topological polar surface area (TPSA) is 73.2 Å². The van der Waals surface area contributed by atoms with Crippen LogP contribution in [0.3, 0.4) is 0 Å². The second-order valence-electron chi connectivity index (χ2n) is 7.57. The smallest absolute Gasteiger partial charge is 0.408 e. The van der Waals surface area contributed by atoms with Crippen LogP contribution in [0.5, 0.6) is 0 Å². The molecule has 0 saturated carbocycles. The van der Waals surface area contributed by atoms with E-state index in [9.17, 15) is 9.59 Å². The van der Waals surface area contributed by atoms with Crippen molar-refractivity contribution in [1.82, 2.24) is 14.9 Å². The highest BCUT2D eigenvalue weighted by Gasteiger charge is 2.24. The van der Waals surface area contributed by atoms with Crippen LogP contribution >= 0.6 is 23.2 Å². The summed E-state index contributed by atoms with van der Waals surface area (Å²) in [6, 6.07) is 11.5. The molecule has 0 fully saturated rings. The molecule has 8 heteroatoms. The van der Waals surface area contributed by atoms with E-state index in [2.05, 4.69) is 10.3 Å². The monoisotopic (exact) mass is 433 g/mol. The molecule has 0 radical (unpaired) electrons. The third kappa shape index (κ3) is 4.54. The summed E-state index contributed by atoms with van der Waals surface area (Å²) < 4.78 is 6.75. The SMILES string of the molecule is CC(NC(=O)OC(C)(C)C)c1nc2c(Cl)ccc(Cl)c2c(=O)n1-c1ccccc1. The number of carbonyl (C=O) groups excluding carboxylic acids is 1. The van der Waals surface area contributed by atoms with Crippen molar-refractivity contribution in [3.8, 4) is 5.69 Å². The summed E-state index contributed by atoms with van der Waals surface area (Å²) in [5, 5.41) is 3.50. The third-order valence-electron chi connectivity index (χ3n) is 4.09. The Kier molecular flexibility index (Phi) is 5.87. The molecule has 3 aromatic rings. The zero-order valence-corrected chi connectivity index (χ0v) is 18.0. The van der Waals surface area contributed by atoms with Gasteiger partial charge in [0.1, 0.15) is 11.4 Å². The van der Waals surface area contributed by atoms with Gasteiger partial charge in [-0.25, -0.2) is 9.78 Å². The Bertz CT molecular complexity index is 1120. The third-order valence-corrected chi connectivity index (χ3v) is 4.71. The number of halogens is 2. The maximum absolute atomic E-state index is 13.4. The zero-order valence-electron chi connectivity index (χ0n) is 16.5. The molecule has 1 heterocycles. The largest absolute Gasteiger partial charge is 0.444 e. The van der Waals surface area contributed by atoms with Crippen molar-refractivity contribution in [2.75, 3.05) is 0 Å². The standard InChI is InChI=1S/C21H21Cl2N3O3/c1-12(24-20(28)29-21(2,3)4)18-25-17-15(23)11-10-14(22)16(17)19(27)26(18)13-8-6-5-7-9-13/h5-12H,1-4H3,(H,24,28). The average Bonchev–Trinajstić information content (AvgIpc) is 2.63. The first-order chi connectivity index (χ1) is 13.6. The van der Waals surface area contributed by atoms with Gasteiger partial charge in [0.15, 0.2) is 0 Å². The van der Waals surface area contributed by atoms with Crippen molar-refractivity contribution in [2.45, 2.75) is 39.3 Å². The highest BCUT2D eigenvalue weighted by molar-refractivity contribution is 6.39. The second kappa shape index (κ2) is 8.05. The molecule has 0 aliphatic rings. The van der Waals surface area contributed by atoms with E-state index in [0.717, 1.165) is 0 Å². The first-order valence-corrected chi connectivity index (χ1v) is 9.79. The van der Waals surface area contributed by atoms with E-state index in [-0.39, 0.29) is 21.5 Å². The lowest BCUT2D eigenvalue weighted by Crippen LogP contribution is -2.37. The number of ether oxygens (including phenoxy) is 1. The Morgan fingerprint density at radius 2 is 1.72 bits per heavy atom. The Labute approximate surface area is 178 Å². The van der Waals surface area contributed by atoms with Gasteiger partial charge in [0.05, 0.1) is 32.7 Å². The van der Waals surface area contributed by atoms with Gasteiger partial charge < -0.3 is 10.1 Å². The quantitative estimate of drug-likeness (QED) is 0.609. The molecule has 2 aromatic carbocycles. The Balaban J connectivity index is 2.21. The zero-order chi connectivity index (χ0) is 21.3. The highest BCUT2D eigenvalue weighted by Crippen LogP contribution is 2.28. The van der Waals surface area contributed by atoms with Gasteiger partial charge in [-0.2, -0.15) is 0 Å². The number of alkyl carbamates (subject to hydrolysis) is 1. The van der Waals surface area contributed by atoms with Crippen LogP contribution in [0.2, 0.25) is 10.0 Å². The van der Waals surface area contributed by atoms with Crippen LogP contribution in [0.1, 0.15) is 39.6 Å². The fourth-order valence-electron chi connectivity index (χ4n) is 2.90. The van der Waals surface area contributed by atoms with Crippen molar-refractivity contribution in [3.05, 3.63) is 68.7 Å². The lowest BCUT2D eigenvalue weighted by atomic mass is 10.2. The van der Waals surface area contributed by atoms with Crippen molar-refractivity contribution in [2.24, 2.45) is 0 Å². The van der Waals surface area contributed by atoms with Crippen LogP contribution < -0.4 is 10.9 Å². The van der Waals surface area contributed by atoms with Crippen LogP contribution in [-0.4, -0.2) is 21.2 Å². The number of hydrogen-bond acceptors (Lipinski definition) is 4. The summed E-state index contributed by atoms with van der Waals surface area (Å²) in [5.74, 6) is 0.309. The summed E-state index contributed by atoms with van der Waals surface area (Å²) in [5.41, 5.74) is -0.155. The predicted molar refractivity (Wildman–Crippen MR) is 115 cm³/mol. The summed E-state index contributed by atoms with van der Waals surface area (Å²) in [7, 11) is 0. The van der Waals surface area contributed by atoms with Crippen molar-refractivity contribution >= 4 is 40.2 Å². The molecule has 0 aliphatic carbocycles. The van der Waals surface area contributed by atoms with Gasteiger partial charge in [-0.1, -0.05) is 41.4 Å².